The monoisotopic (exact) mass is 200 g/mol. The van der Waals surface area contributed by atoms with E-state index in [2.05, 4.69) is 9.73 Å². The minimum absolute atomic E-state index is 0.0874. The molecule has 0 aliphatic rings. The van der Waals surface area contributed by atoms with E-state index in [4.69, 9.17) is 10.5 Å². The molecule has 0 bridgehead atoms. The topological polar surface area (TPSA) is 73.9 Å². The number of hydrogen-bond donors (Lipinski definition) is 1. The fourth-order valence-corrected chi connectivity index (χ4v) is 0.713. The Morgan fingerprint density at radius 3 is 2.43 bits per heavy atom. The molecular weight excluding hydrogens is 184 g/mol. The highest BCUT2D eigenvalue weighted by atomic mass is 16.5. The molecule has 0 aliphatic heterocycles. The average molecular weight is 200 g/mol. The molecule has 0 rings (SSSR count). The summed E-state index contributed by atoms with van der Waals surface area (Å²) in [6.07, 6.45) is 1.15. The number of esters is 1. The zero-order valence-electron chi connectivity index (χ0n) is 8.90. The van der Waals surface area contributed by atoms with E-state index >= 15 is 0 Å². The standard InChI is InChI=1S/C9H16N2O3/c1-5-7(10)8(9(12)14-4)11-6(2)13-3/h5-6H,10H2,1-4H3/b7-5+,11-8?. The number of hydrogen-bond acceptors (Lipinski definition) is 5. The van der Waals surface area contributed by atoms with Crippen LogP contribution in [0.2, 0.25) is 0 Å². The van der Waals surface area contributed by atoms with E-state index in [1.54, 1.807) is 19.9 Å². The molecule has 5 heteroatoms. The minimum Gasteiger partial charge on any atom is -0.464 e. The van der Waals surface area contributed by atoms with Gasteiger partial charge in [-0.1, -0.05) is 6.08 Å². The predicted molar refractivity (Wildman–Crippen MR) is 53.9 cm³/mol. The van der Waals surface area contributed by atoms with Crippen LogP contribution in [0, 0.1) is 0 Å². The molecule has 5 nitrogen and oxygen atoms in total. The van der Waals surface area contributed by atoms with E-state index in [9.17, 15) is 4.79 Å². The van der Waals surface area contributed by atoms with Gasteiger partial charge in [-0.05, 0) is 13.8 Å². The van der Waals surface area contributed by atoms with Gasteiger partial charge in [0.1, 0.15) is 6.23 Å². The molecule has 0 spiro atoms. The third kappa shape index (κ3) is 3.57. The Bertz CT molecular complexity index is 259. The Balaban J connectivity index is 4.90. The summed E-state index contributed by atoms with van der Waals surface area (Å²) < 4.78 is 9.43. The molecule has 0 saturated heterocycles. The van der Waals surface area contributed by atoms with Crippen LogP contribution in [0.25, 0.3) is 0 Å². The number of nitrogens with two attached hydrogens (primary N) is 1. The van der Waals surface area contributed by atoms with Crippen LogP contribution in [0.5, 0.6) is 0 Å². The lowest BCUT2D eigenvalue weighted by Gasteiger charge is -2.08. The highest BCUT2D eigenvalue weighted by Crippen LogP contribution is 1.99. The summed E-state index contributed by atoms with van der Waals surface area (Å²) in [5, 5.41) is 0. The lowest BCUT2D eigenvalue weighted by atomic mass is 10.2. The van der Waals surface area contributed by atoms with Crippen molar-refractivity contribution in [1.82, 2.24) is 0 Å². The summed E-state index contributed by atoms with van der Waals surface area (Å²) in [6.45, 7) is 3.41. The zero-order chi connectivity index (χ0) is 11.1. The second-order valence-corrected chi connectivity index (χ2v) is 2.55. The van der Waals surface area contributed by atoms with E-state index in [0.29, 0.717) is 0 Å². The fourth-order valence-electron chi connectivity index (χ4n) is 0.713. The van der Waals surface area contributed by atoms with Crippen molar-refractivity contribution in [3.8, 4) is 0 Å². The van der Waals surface area contributed by atoms with Crippen molar-refractivity contribution in [3.05, 3.63) is 11.8 Å². The van der Waals surface area contributed by atoms with Crippen molar-refractivity contribution in [2.45, 2.75) is 20.1 Å². The smallest absolute Gasteiger partial charge is 0.358 e. The van der Waals surface area contributed by atoms with Crippen LogP contribution < -0.4 is 5.73 Å². The molecule has 0 aromatic carbocycles. The van der Waals surface area contributed by atoms with Crippen LogP contribution >= 0.6 is 0 Å². The Morgan fingerprint density at radius 2 is 2.07 bits per heavy atom. The third-order valence-electron chi connectivity index (χ3n) is 1.62. The van der Waals surface area contributed by atoms with Crippen molar-refractivity contribution >= 4 is 11.7 Å². The van der Waals surface area contributed by atoms with Gasteiger partial charge in [-0.25, -0.2) is 9.79 Å². The van der Waals surface area contributed by atoms with Crippen molar-refractivity contribution in [2.75, 3.05) is 14.2 Å². The minimum atomic E-state index is -0.565. The lowest BCUT2D eigenvalue weighted by Crippen LogP contribution is -2.25. The molecule has 0 aliphatic carbocycles. The number of rotatable bonds is 4. The number of allylic oxidation sites excluding steroid dienone is 1. The molecule has 1 atom stereocenters. The Labute approximate surface area is 83.6 Å². The Kier molecular flexibility index (Phi) is 5.55. The first kappa shape index (κ1) is 12.6. The lowest BCUT2D eigenvalue weighted by molar-refractivity contribution is -0.132. The van der Waals surface area contributed by atoms with Crippen molar-refractivity contribution in [2.24, 2.45) is 10.7 Å². The second-order valence-electron chi connectivity index (χ2n) is 2.55. The molecule has 0 radical (unpaired) electrons. The SMILES string of the molecule is C/C=C(/N)C(=NC(C)OC)C(=O)OC. The summed E-state index contributed by atoms with van der Waals surface area (Å²) >= 11 is 0. The number of aliphatic imine (C=N–C) groups is 1. The van der Waals surface area contributed by atoms with Gasteiger partial charge in [0, 0.05) is 7.11 Å². The maximum Gasteiger partial charge on any atom is 0.358 e. The summed E-state index contributed by atoms with van der Waals surface area (Å²) in [6, 6.07) is 0. The first-order valence-corrected chi connectivity index (χ1v) is 4.17. The highest BCUT2D eigenvalue weighted by Gasteiger charge is 2.15. The summed E-state index contributed by atoms with van der Waals surface area (Å²) in [7, 11) is 2.77. The normalized spacial score (nSPS) is 15.1. The Morgan fingerprint density at radius 1 is 1.50 bits per heavy atom. The first-order chi connectivity index (χ1) is 6.56. The van der Waals surface area contributed by atoms with Crippen molar-refractivity contribution in [3.63, 3.8) is 0 Å². The summed E-state index contributed by atoms with van der Waals surface area (Å²) in [4.78, 5) is 15.2. The number of nitrogens with zero attached hydrogens (tertiary/aromatic N) is 1. The van der Waals surface area contributed by atoms with Crippen molar-refractivity contribution < 1.29 is 14.3 Å². The van der Waals surface area contributed by atoms with E-state index in [1.165, 1.54) is 14.2 Å². The van der Waals surface area contributed by atoms with E-state index in [0.717, 1.165) is 0 Å². The van der Waals surface area contributed by atoms with Crippen LogP contribution in [0.4, 0.5) is 0 Å². The van der Waals surface area contributed by atoms with E-state index in [-0.39, 0.29) is 11.4 Å². The highest BCUT2D eigenvalue weighted by molar-refractivity contribution is 6.42. The predicted octanol–water partition coefficient (Wildman–Crippen LogP) is 0.455. The first-order valence-electron chi connectivity index (χ1n) is 4.17. The van der Waals surface area contributed by atoms with Crippen LogP contribution in [0.3, 0.4) is 0 Å². The van der Waals surface area contributed by atoms with Gasteiger partial charge < -0.3 is 15.2 Å². The Hall–Kier alpha value is -1.36. The molecule has 0 aromatic heterocycles. The molecule has 0 heterocycles. The van der Waals surface area contributed by atoms with Gasteiger partial charge in [-0.3, -0.25) is 0 Å². The molecule has 14 heavy (non-hydrogen) atoms. The van der Waals surface area contributed by atoms with E-state index < -0.39 is 12.2 Å². The maximum atomic E-state index is 11.2. The van der Waals surface area contributed by atoms with Gasteiger partial charge in [0.2, 0.25) is 0 Å². The fraction of sp³-hybridized carbons (Fsp3) is 0.556. The molecule has 0 amide bonds. The third-order valence-corrected chi connectivity index (χ3v) is 1.62. The van der Waals surface area contributed by atoms with Crippen molar-refractivity contribution in [1.29, 1.82) is 0 Å². The van der Waals surface area contributed by atoms with Gasteiger partial charge >= 0.3 is 5.97 Å². The number of carbonyl (C=O) groups is 1. The number of methoxy groups -OCH3 is 2. The van der Waals surface area contributed by atoms with Crippen LogP contribution in [-0.4, -0.2) is 32.1 Å². The second kappa shape index (κ2) is 6.15. The van der Waals surface area contributed by atoms with Gasteiger partial charge in [-0.15, -0.1) is 0 Å². The molecule has 0 saturated carbocycles. The van der Waals surface area contributed by atoms with Crippen LogP contribution in [0.1, 0.15) is 13.8 Å². The molecule has 1 unspecified atom stereocenters. The number of ether oxygens (including phenoxy) is 2. The summed E-state index contributed by atoms with van der Waals surface area (Å²) in [5.41, 5.74) is 5.94. The van der Waals surface area contributed by atoms with Gasteiger partial charge in [0.25, 0.3) is 0 Å². The molecule has 0 fully saturated rings. The van der Waals surface area contributed by atoms with Crippen LogP contribution in [-0.2, 0) is 14.3 Å². The molecule has 80 valence electrons. The molecular formula is C9H16N2O3. The summed E-state index contributed by atoms with van der Waals surface area (Å²) in [5.74, 6) is -0.565. The van der Waals surface area contributed by atoms with E-state index in [1.807, 2.05) is 0 Å². The number of carbonyl (C=O) groups excluding carboxylic acids is 1. The van der Waals surface area contributed by atoms with Gasteiger partial charge in [0.15, 0.2) is 5.71 Å². The quantitative estimate of drug-likeness (QED) is 0.528. The molecule has 2 N–H and O–H groups in total. The van der Waals surface area contributed by atoms with Gasteiger partial charge in [0.05, 0.1) is 12.8 Å². The maximum absolute atomic E-state index is 11.2. The largest absolute Gasteiger partial charge is 0.464 e. The molecule has 0 aromatic rings. The zero-order valence-corrected chi connectivity index (χ0v) is 8.90. The van der Waals surface area contributed by atoms with Crippen LogP contribution in [0.15, 0.2) is 16.8 Å². The average Bonchev–Trinajstić information content (AvgIpc) is 2.23. The van der Waals surface area contributed by atoms with Gasteiger partial charge in [-0.2, -0.15) is 0 Å².